The maximum Gasteiger partial charge on any atom is 0.253 e. The summed E-state index contributed by atoms with van der Waals surface area (Å²) in [4.78, 5) is 23.1. The summed E-state index contributed by atoms with van der Waals surface area (Å²) >= 11 is 0. The SMILES string of the molecule is CNCC1CCCN(C(=O)c2ccc3nccnc3c2)C1. The number of amides is 1. The molecule has 1 fully saturated rings. The van der Waals surface area contributed by atoms with E-state index in [0.717, 1.165) is 37.1 Å². The van der Waals surface area contributed by atoms with E-state index in [4.69, 9.17) is 0 Å². The Hall–Kier alpha value is -2.01. The van der Waals surface area contributed by atoms with Crippen LogP contribution in [0.25, 0.3) is 11.0 Å². The van der Waals surface area contributed by atoms with Crippen molar-refractivity contribution >= 4 is 16.9 Å². The average Bonchev–Trinajstić information content (AvgIpc) is 2.54. The largest absolute Gasteiger partial charge is 0.338 e. The highest BCUT2D eigenvalue weighted by atomic mass is 16.2. The molecule has 1 aromatic heterocycles. The number of benzene rings is 1. The zero-order valence-corrected chi connectivity index (χ0v) is 12.2. The Morgan fingerprint density at radius 1 is 1.33 bits per heavy atom. The van der Waals surface area contributed by atoms with Crippen molar-refractivity contribution in [1.29, 1.82) is 0 Å². The van der Waals surface area contributed by atoms with Crippen molar-refractivity contribution in [3.63, 3.8) is 0 Å². The summed E-state index contributed by atoms with van der Waals surface area (Å²) in [5.41, 5.74) is 2.29. The van der Waals surface area contributed by atoms with Gasteiger partial charge in [-0.05, 0) is 50.6 Å². The molecule has 0 radical (unpaired) electrons. The molecule has 5 nitrogen and oxygen atoms in total. The quantitative estimate of drug-likeness (QED) is 0.932. The maximum atomic E-state index is 12.7. The standard InChI is InChI=1S/C16H20N4O/c1-17-10-12-3-2-8-20(11-12)16(21)13-4-5-14-15(9-13)19-7-6-18-14/h4-7,9,12,17H,2-3,8,10-11H2,1H3. The van der Waals surface area contributed by atoms with Crippen LogP contribution in [0.1, 0.15) is 23.2 Å². The van der Waals surface area contributed by atoms with E-state index < -0.39 is 0 Å². The van der Waals surface area contributed by atoms with Gasteiger partial charge in [0, 0.05) is 31.0 Å². The van der Waals surface area contributed by atoms with Crippen LogP contribution in [0.4, 0.5) is 0 Å². The van der Waals surface area contributed by atoms with E-state index in [1.165, 1.54) is 6.42 Å². The molecule has 1 atom stereocenters. The number of carbonyl (C=O) groups is 1. The first kappa shape index (κ1) is 13.9. The Morgan fingerprint density at radius 2 is 2.14 bits per heavy atom. The van der Waals surface area contributed by atoms with E-state index in [9.17, 15) is 4.79 Å². The summed E-state index contributed by atoms with van der Waals surface area (Å²) in [6.45, 7) is 2.64. The van der Waals surface area contributed by atoms with Crippen LogP contribution >= 0.6 is 0 Å². The number of aromatic nitrogens is 2. The van der Waals surface area contributed by atoms with E-state index in [0.29, 0.717) is 11.5 Å². The molecule has 1 unspecified atom stereocenters. The van der Waals surface area contributed by atoms with Crippen molar-refractivity contribution in [1.82, 2.24) is 20.2 Å². The van der Waals surface area contributed by atoms with E-state index in [1.807, 2.05) is 30.1 Å². The molecule has 1 amide bonds. The van der Waals surface area contributed by atoms with Crippen LogP contribution in [0.15, 0.2) is 30.6 Å². The van der Waals surface area contributed by atoms with Gasteiger partial charge in [0.2, 0.25) is 0 Å². The average molecular weight is 284 g/mol. The van der Waals surface area contributed by atoms with E-state index in [1.54, 1.807) is 12.4 Å². The van der Waals surface area contributed by atoms with Crippen molar-refractivity contribution in [2.45, 2.75) is 12.8 Å². The second-order valence-electron chi connectivity index (χ2n) is 5.58. The van der Waals surface area contributed by atoms with E-state index in [-0.39, 0.29) is 5.91 Å². The highest BCUT2D eigenvalue weighted by molar-refractivity contribution is 5.97. The Balaban J connectivity index is 1.79. The minimum atomic E-state index is 0.100. The molecule has 21 heavy (non-hydrogen) atoms. The first-order valence-electron chi connectivity index (χ1n) is 7.42. The molecule has 0 saturated carbocycles. The van der Waals surface area contributed by atoms with Gasteiger partial charge in [0.25, 0.3) is 5.91 Å². The second kappa shape index (κ2) is 6.18. The minimum Gasteiger partial charge on any atom is -0.338 e. The number of nitrogens with zero attached hydrogens (tertiary/aromatic N) is 3. The van der Waals surface area contributed by atoms with Crippen LogP contribution in [-0.4, -0.2) is 47.5 Å². The van der Waals surface area contributed by atoms with Gasteiger partial charge in [-0.15, -0.1) is 0 Å². The topological polar surface area (TPSA) is 58.1 Å². The van der Waals surface area contributed by atoms with Gasteiger partial charge in [-0.3, -0.25) is 14.8 Å². The first-order valence-corrected chi connectivity index (χ1v) is 7.42. The molecule has 0 spiro atoms. The molecule has 110 valence electrons. The second-order valence-corrected chi connectivity index (χ2v) is 5.58. The summed E-state index contributed by atoms with van der Waals surface area (Å²) in [6.07, 6.45) is 5.58. The Morgan fingerprint density at radius 3 is 2.95 bits per heavy atom. The van der Waals surface area contributed by atoms with Crippen LogP contribution in [0, 0.1) is 5.92 Å². The normalized spacial score (nSPS) is 18.9. The summed E-state index contributed by atoms with van der Waals surface area (Å²) in [6, 6.07) is 5.55. The summed E-state index contributed by atoms with van der Waals surface area (Å²) in [5.74, 6) is 0.649. The lowest BCUT2D eigenvalue weighted by Gasteiger charge is -2.32. The number of nitrogens with one attached hydrogen (secondary N) is 1. The Labute approximate surface area is 124 Å². The van der Waals surface area contributed by atoms with Crippen LogP contribution in [0.5, 0.6) is 0 Å². The van der Waals surface area contributed by atoms with Crippen LogP contribution < -0.4 is 5.32 Å². The van der Waals surface area contributed by atoms with Crippen LogP contribution in [-0.2, 0) is 0 Å². The fraction of sp³-hybridized carbons (Fsp3) is 0.438. The molecule has 1 aromatic carbocycles. The number of hydrogen-bond donors (Lipinski definition) is 1. The molecule has 2 aromatic rings. The number of fused-ring (bicyclic) bond motifs is 1. The molecule has 3 rings (SSSR count). The third-order valence-corrected chi connectivity index (χ3v) is 4.02. The molecule has 0 aliphatic carbocycles. The Kier molecular flexibility index (Phi) is 4.10. The molecule has 1 aliphatic heterocycles. The van der Waals surface area contributed by atoms with Gasteiger partial charge < -0.3 is 10.2 Å². The van der Waals surface area contributed by atoms with Crippen molar-refractivity contribution < 1.29 is 4.79 Å². The van der Waals surface area contributed by atoms with Crippen LogP contribution in [0.2, 0.25) is 0 Å². The predicted octanol–water partition coefficient (Wildman–Crippen LogP) is 1.70. The number of rotatable bonds is 3. The zero-order chi connectivity index (χ0) is 14.7. The number of carbonyl (C=O) groups excluding carboxylic acids is 1. The zero-order valence-electron chi connectivity index (χ0n) is 12.2. The fourth-order valence-electron chi connectivity index (χ4n) is 2.98. The molecule has 0 bridgehead atoms. The van der Waals surface area contributed by atoms with Crippen molar-refractivity contribution in [3.05, 3.63) is 36.2 Å². The summed E-state index contributed by atoms with van der Waals surface area (Å²) in [5, 5.41) is 3.20. The third-order valence-electron chi connectivity index (χ3n) is 4.02. The van der Waals surface area contributed by atoms with Crippen LogP contribution in [0.3, 0.4) is 0 Å². The van der Waals surface area contributed by atoms with Gasteiger partial charge in [0.05, 0.1) is 11.0 Å². The lowest BCUT2D eigenvalue weighted by molar-refractivity contribution is 0.0674. The van der Waals surface area contributed by atoms with Gasteiger partial charge in [-0.2, -0.15) is 0 Å². The highest BCUT2D eigenvalue weighted by Crippen LogP contribution is 2.19. The lowest BCUT2D eigenvalue weighted by Crippen LogP contribution is -2.42. The number of piperidine rings is 1. The maximum absolute atomic E-state index is 12.7. The molecular formula is C16H20N4O. The van der Waals surface area contributed by atoms with Crippen molar-refractivity contribution in [2.24, 2.45) is 5.92 Å². The number of hydrogen-bond acceptors (Lipinski definition) is 4. The fourth-order valence-corrected chi connectivity index (χ4v) is 2.98. The summed E-state index contributed by atoms with van der Waals surface area (Å²) < 4.78 is 0. The molecule has 5 heteroatoms. The molecule has 1 saturated heterocycles. The van der Waals surface area contributed by atoms with Gasteiger partial charge >= 0.3 is 0 Å². The van der Waals surface area contributed by atoms with Gasteiger partial charge in [0.15, 0.2) is 0 Å². The molecular weight excluding hydrogens is 264 g/mol. The summed E-state index contributed by atoms with van der Waals surface area (Å²) in [7, 11) is 1.96. The monoisotopic (exact) mass is 284 g/mol. The van der Waals surface area contributed by atoms with Crippen molar-refractivity contribution in [2.75, 3.05) is 26.7 Å². The van der Waals surface area contributed by atoms with Gasteiger partial charge in [-0.25, -0.2) is 0 Å². The third kappa shape index (κ3) is 3.03. The van der Waals surface area contributed by atoms with E-state index in [2.05, 4.69) is 15.3 Å². The number of likely N-dealkylation sites (tertiary alicyclic amines) is 1. The highest BCUT2D eigenvalue weighted by Gasteiger charge is 2.24. The van der Waals surface area contributed by atoms with Crippen molar-refractivity contribution in [3.8, 4) is 0 Å². The molecule has 1 N–H and O–H groups in total. The first-order chi connectivity index (χ1) is 10.3. The minimum absolute atomic E-state index is 0.100. The van der Waals surface area contributed by atoms with E-state index >= 15 is 0 Å². The van der Waals surface area contributed by atoms with Gasteiger partial charge in [0.1, 0.15) is 0 Å². The Bertz CT molecular complexity index is 641. The lowest BCUT2D eigenvalue weighted by atomic mass is 9.97. The predicted molar refractivity (Wildman–Crippen MR) is 82.1 cm³/mol. The molecule has 1 aliphatic rings. The van der Waals surface area contributed by atoms with Gasteiger partial charge in [-0.1, -0.05) is 0 Å². The smallest absolute Gasteiger partial charge is 0.253 e. The molecule has 2 heterocycles.